The summed E-state index contributed by atoms with van der Waals surface area (Å²) in [6.45, 7) is 0.701. The topological polar surface area (TPSA) is 94.2 Å². The largest absolute Gasteiger partial charge is 0.467 e. The van der Waals surface area contributed by atoms with E-state index in [2.05, 4.69) is 27.1 Å². The summed E-state index contributed by atoms with van der Waals surface area (Å²) in [7, 11) is 1.54. The lowest BCUT2D eigenvalue weighted by Crippen LogP contribution is -2.37. The average Bonchev–Trinajstić information content (AvgIpc) is 2.79. The van der Waals surface area contributed by atoms with Crippen LogP contribution in [0.1, 0.15) is 35.9 Å². The number of hydrogen-bond donors (Lipinski definition) is 1. The molecule has 1 saturated heterocycles. The fraction of sp³-hybridized carbons (Fsp3) is 0.273. The number of hydrogen-bond acceptors (Lipinski definition) is 6. The number of carbonyl (C=O) groups is 1. The molecule has 2 N–H and O–H groups in total. The van der Waals surface area contributed by atoms with Gasteiger partial charge >= 0.3 is 6.01 Å². The third kappa shape index (κ3) is 3.63. The van der Waals surface area contributed by atoms with E-state index in [1.54, 1.807) is 25.7 Å². The minimum atomic E-state index is -0.171. The number of ether oxygens (including phenoxy) is 1. The van der Waals surface area contributed by atoms with Gasteiger partial charge in [-0.05, 0) is 30.0 Å². The second kappa shape index (κ2) is 8.26. The zero-order chi connectivity index (χ0) is 20.2. The Hall–Kier alpha value is -3.48. The van der Waals surface area contributed by atoms with Gasteiger partial charge in [-0.3, -0.25) is 4.79 Å². The molecule has 3 heterocycles. The van der Waals surface area contributed by atoms with Gasteiger partial charge in [0, 0.05) is 42.2 Å². The molecule has 0 saturated carbocycles. The zero-order valence-corrected chi connectivity index (χ0v) is 16.2. The number of nitrogens with two attached hydrogens (primary N) is 1. The molecule has 1 fully saturated rings. The Morgan fingerprint density at radius 2 is 1.86 bits per heavy atom. The third-order valence-corrected chi connectivity index (χ3v) is 5.48. The Morgan fingerprint density at radius 1 is 1.10 bits per heavy atom. The predicted molar refractivity (Wildman–Crippen MR) is 110 cm³/mol. The number of nitrogen functional groups attached to an aromatic ring is 1. The number of aromatic nitrogens is 3. The summed E-state index contributed by atoms with van der Waals surface area (Å²) in [5.41, 5.74) is 10.2. The third-order valence-electron chi connectivity index (χ3n) is 5.48. The van der Waals surface area contributed by atoms with Crippen LogP contribution in [0.5, 0.6) is 6.01 Å². The van der Waals surface area contributed by atoms with E-state index < -0.39 is 0 Å². The van der Waals surface area contributed by atoms with Crippen molar-refractivity contribution < 1.29 is 9.53 Å². The molecule has 2 aromatic heterocycles. The Morgan fingerprint density at radius 3 is 2.59 bits per heavy atom. The fourth-order valence-corrected chi connectivity index (χ4v) is 4.19. The first kappa shape index (κ1) is 18.9. The van der Waals surface area contributed by atoms with Crippen LogP contribution in [-0.2, 0) is 4.79 Å². The molecule has 4 rings (SSSR count). The lowest BCUT2D eigenvalue weighted by molar-refractivity contribution is -0.122. The minimum Gasteiger partial charge on any atom is -0.467 e. The van der Waals surface area contributed by atoms with Crippen molar-refractivity contribution in [1.29, 1.82) is 0 Å². The van der Waals surface area contributed by atoms with E-state index in [4.69, 9.17) is 10.5 Å². The lowest BCUT2D eigenvalue weighted by Gasteiger charge is -2.40. The van der Waals surface area contributed by atoms with E-state index >= 15 is 0 Å². The smallest absolute Gasteiger partial charge is 0.316 e. The number of rotatable bonds is 5. The maximum atomic E-state index is 11.9. The van der Waals surface area contributed by atoms with Gasteiger partial charge in [0.05, 0.1) is 13.2 Å². The highest BCUT2D eigenvalue weighted by molar-refractivity contribution is 5.67. The number of carbonyl (C=O) groups excluding carboxylic acids is 1. The Bertz CT molecular complexity index is 993. The van der Waals surface area contributed by atoms with Crippen LogP contribution in [0, 0.1) is 0 Å². The maximum Gasteiger partial charge on any atom is 0.316 e. The monoisotopic (exact) mass is 389 g/mol. The van der Waals surface area contributed by atoms with Crippen LogP contribution < -0.4 is 10.5 Å². The zero-order valence-electron chi connectivity index (χ0n) is 16.2. The number of amides is 1. The van der Waals surface area contributed by atoms with Gasteiger partial charge < -0.3 is 15.4 Å². The van der Waals surface area contributed by atoms with Crippen LogP contribution in [-0.4, -0.2) is 39.9 Å². The number of nitrogens with zero attached hydrogens (tertiary/aromatic N) is 4. The van der Waals surface area contributed by atoms with Crippen LogP contribution >= 0.6 is 0 Å². The quantitative estimate of drug-likeness (QED) is 0.674. The van der Waals surface area contributed by atoms with E-state index in [1.165, 1.54) is 0 Å². The number of benzene rings is 1. The summed E-state index contributed by atoms with van der Waals surface area (Å²) in [6.07, 6.45) is 7.98. The van der Waals surface area contributed by atoms with Gasteiger partial charge in [0.25, 0.3) is 0 Å². The molecule has 1 aliphatic heterocycles. The fourth-order valence-electron chi connectivity index (χ4n) is 4.19. The number of likely N-dealkylation sites (tertiary alicyclic amines) is 1. The van der Waals surface area contributed by atoms with Gasteiger partial charge in [0.15, 0.2) is 0 Å². The maximum absolute atomic E-state index is 11.9. The molecule has 0 radical (unpaired) electrons. The van der Waals surface area contributed by atoms with E-state index in [-0.39, 0.29) is 12.0 Å². The lowest BCUT2D eigenvalue weighted by atomic mass is 9.78. The van der Waals surface area contributed by atoms with Crippen molar-refractivity contribution in [3.8, 4) is 17.1 Å². The molecular weight excluding hydrogens is 366 g/mol. The first-order valence-corrected chi connectivity index (χ1v) is 9.59. The van der Waals surface area contributed by atoms with Gasteiger partial charge in [0.1, 0.15) is 5.82 Å². The average molecular weight is 389 g/mol. The van der Waals surface area contributed by atoms with Crippen LogP contribution in [0.3, 0.4) is 0 Å². The van der Waals surface area contributed by atoms with Crippen LogP contribution in [0.2, 0.25) is 0 Å². The molecule has 29 heavy (non-hydrogen) atoms. The minimum absolute atomic E-state index is 0.0822. The molecule has 3 aromatic rings. The molecule has 0 spiro atoms. The molecule has 2 atom stereocenters. The number of methoxy groups -OCH3 is 1. The Labute approximate surface area is 169 Å². The van der Waals surface area contributed by atoms with Gasteiger partial charge in [-0.1, -0.05) is 30.3 Å². The number of piperidine rings is 1. The summed E-state index contributed by atoms with van der Waals surface area (Å²) in [5.74, 6) is 0.542. The predicted octanol–water partition coefficient (Wildman–Crippen LogP) is 3.21. The van der Waals surface area contributed by atoms with Crippen molar-refractivity contribution >= 4 is 12.2 Å². The first-order chi connectivity index (χ1) is 14.2. The van der Waals surface area contributed by atoms with Crippen molar-refractivity contribution in [3.05, 3.63) is 66.1 Å². The summed E-state index contributed by atoms with van der Waals surface area (Å²) in [5, 5.41) is 0. The highest BCUT2D eigenvalue weighted by Crippen LogP contribution is 2.45. The van der Waals surface area contributed by atoms with E-state index in [9.17, 15) is 4.79 Å². The van der Waals surface area contributed by atoms with Crippen molar-refractivity contribution in [2.24, 2.45) is 0 Å². The van der Waals surface area contributed by atoms with E-state index in [0.717, 1.165) is 41.5 Å². The second-order valence-electron chi connectivity index (χ2n) is 7.06. The summed E-state index contributed by atoms with van der Waals surface area (Å²) < 4.78 is 5.08. The van der Waals surface area contributed by atoms with Crippen molar-refractivity contribution in [2.75, 3.05) is 19.4 Å². The van der Waals surface area contributed by atoms with Crippen LogP contribution in [0.15, 0.2) is 55.0 Å². The van der Waals surface area contributed by atoms with Gasteiger partial charge in [-0.25, -0.2) is 15.0 Å². The van der Waals surface area contributed by atoms with Crippen molar-refractivity contribution in [1.82, 2.24) is 19.9 Å². The SMILES string of the molecule is COc1ncc(-c2ccccc2C2CCCN(C=O)C2c2cccnc2N)cn1. The molecular formula is C22H23N5O2. The highest BCUT2D eigenvalue weighted by atomic mass is 16.5. The molecule has 0 aliphatic carbocycles. The van der Waals surface area contributed by atoms with Crippen molar-refractivity contribution in [3.63, 3.8) is 0 Å². The molecule has 2 unspecified atom stereocenters. The molecule has 1 aliphatic rings. The molecule has 1 amide bonds. The standard InChI is InChI=1S/C22H23N5O2/c1-29-22-25-12-15(13-26-22)16-6-2-3-7-17(16)18-9-5-11-27(14-28)20(18)19-8-4-10-24-21(19)23/h2-4,6-8,10,12-14,18,20H,5,9,11H2,1H3,(H2,23,24). The highest BCUT2D eigenvalue weighted by Gasteiger charge is 2.35. The first-order valence-electron chi connectivity index (χ1n) is 9.59. The summed E-state index contributed by atoms with van der Waals surface area (Å²) >= 11 is 0. The molecule has 0 bridgehead atoms. The molecule has 7 heteroatoms. The number of pyridine rings is 1. The Kier molecular flexibility index (Phi) is 5.37. The van der Waals surface area contributed by atoms with E-state index in [0.29, 0.717) is 18.4 Å². The Balaban J connectivity index is 1.81. The van der Waals surface area contributed by atoms with Gasteiger partial charge in [-0.15, -0.1) is 0 Å². The number of anilines is 1. The van der Waals surface area contributed by atoms with Crippen molar-refractivity contribution in [2.45, 2.75) is 24.8 Å². The normalized spacial score (nSPS) is 19.0. The molecule has 1 aromatic carbocycles. The summed E-state index contributed by atoms with van der Waals surface area (Å²) in [4.78, 5) is 26.5. The van der Waals surface area contributed by atoms with Gasteiger partial charge in [0.2, 0.25) is 6.41 Å². The second-order valence-corrected chi connectivity index (χ2v) is 7.06. The van der Waals surface area contributed by atoms with Gasteiger partial charge in [-0.2, -0.15) is 0 Å². The summed E-state index contributed by atoms with van der Waals surface area (Å²) in [6, 6.07) is 12.2. The molecule has 7 nitrogen and oxygen atoms in total. The van der Waals surface area contributed by atoms with Crippen LogP contribution in [0.25, 0.3) is 11.1 Å². The van der Waals surface area contributed by atoms with E-state index in [1.807, 2.05) is 29.2 Å². The van der Waals surface area contributed by atoms with Crippen LogP contribution in [0.4, 0.5) is 5.82 Å². The molecule has 148 valence electrons.